The van der Waals surface area contributed by atoms with Crippen LogP contribution in [-0.4, -0.2) is 42.0 Å². The van der Waals surface area contributed by atoms with Crippen LogP contribution in [-0.2, 0) is 0 Å². The number of anilines is 1. The molecule has 1 aliphatic heterocycles. The predicted octanol–water partition coefficient (Wildman–Crippen LogP) is 5.71. The summed E-state index contributed by atoms with van der Waals surface area (Å²) in [5.74, 6) is 0.316. The Morgan fingerprint density at radius 1 is 1.09 bits per heavy atom. The van der Waals surface area contributed by atoms with Gasteiger partial charge in [0.2, 0.25) is 0 Å². The number of amides is 2. The zero-order valence-corrected chi connectivity index (χ0v) is 20.5. The molecular weight excluding hydrogens is 478 g/mol. The molecule has 2 heterocycles. The van der Waals surface area contributed by atoms with Crippen LogP contribution in [0.5, 0.6) is 5.75 Å². The van der Waals surface area contributed by atoms with Gasteiger partial charge in [0.25, 0.3) is 11.8 Å². The fourth-order valence-corrected chi connectivity index (χ4v) is 5.48. The van der Waals surface area contributed by atoms with E-state index in [2.05, 4.69) is 10.6 Å². The number of fused-ring (bicyclic) bond motifs is 1. The first-order chi connectivity index (χ1) is 16.0. The number of benzene rings is 2. The highest BCUT2D eigenvalue weighted by molar-refractivity contribution is 7.80. The number of nitrogens with one attached hydrogen (secondary N) is 2. The van der Waals surface area contributed by atoms with Crippen molar-refractivity contribution in [2.75, 3.05) is 25.5 Å². The van der Waals surface area contributed by atoms with Crippen molar-refractivity contribution in [1.29, 1.82) is 0 Å². The van der Waals surface area contributed by atoms with Crippen LogP contribution in [0.2, 0.25) is 5.02 Å². The quantitative estimate of drug-likeness (QED) is 0.448. The van der Waals surface area contributed by atoms with E-state index in [1.807, 2.05) is 17.0 Å². The predicted molar refractivity (Wildman–Crippen MR) is 138 cm³/mol. The number of carbonyl (C=O) groups excluding carboxylic acids is 2. The van der Waals surface area contributed by atoms with E-state index in [9.17, 15) is 9.59 Å². The Balaban J connectivity index is 1.43. The summed E-state index contributed by atoms with van der Waals surface area (Å²) in [6, 6.07) is 12.6. The van der Waals surface area contributed by atoms with Crippen molar-refractivity contribution in [3.05, 3.63) is 57.9 Å². The molecule has 0 bridgehead atoms. The van der Waals surface area contributed by atoms with Gasteiger partial charge in [-0.15, -0.1) is 11.3 Å². The first-order valence-electron chi connectivity index (χ1n) is 10.7. The Labute approximate surface area is 206 Å². The van der Waals surface area contributed by atoms with Gasteiger partial charge < -0.3 is 15.0 Å². The van der Waals surface area contributed by atoms with Crippen LogP contribution in [0.4, 0.5) is 5.69 Å². The van der Waals surface area contributed by atoms with Gasteiger partial charge in [-0.2, -0.15) is 0 Å². The number of hydrogen-bond acceptors (Lipinski definition) is 5. The van der Waals surface area contributed by atoms with Crippen molar-refractivity contribution in [1.82, 2.24) is 10.2 Å². The fourth-order valence-electron chi connectivity index (χ4n) is 3.83. The van der Waals surface area contributed by atoms with E-state index in [1.54, 1.807) is 37.4 Å². The molecular formula is C24H24ClN3O3S2. The monoisotopic (exact) mass is 501 g/mol. The van der Waals surface area contributed by atoms with Crippen molar-refractivity contribution in [3.8, 4) is 5.75 Å². The number of likely N-dealkylation sites (tertiary alicyclic amines) is 1. The van der Waals surface area contributed by atoms with Crippen LogP contribution in [0.3, 0.4) is 0 Å². The minimum absolute atomic E-state index is 0.0167. The Morgan fingerprint density at radius 3 is 2.58 bits per heavy atom. The number of rotatable bonds is 4. The van der Waals surface area contributed by atoms with Gasteiger partial charge in [0, 0.05) is 34.4 Å². The third-order valence-corrected chi connectivity index (χ3v) is 7.39. The maximum absolute atomic E-state index is 12.9. The van der Waals surface area contributed by atoms with Crippen molar-refractivity contribution < 1.29 is 14.3 Å². The van der Waals surface area contributed by atoms with Gasteiger partial charge in [0.05, 0.1) is 12.1 Å². The van der Waals surface area contributed by atoms with E-state index in [4.69, 9.17) is 28.6 Å². The molecule has 6 nitrogen and oxygen atoms in total. The number of halogens is 1. The third kappa shape index (κ3) is 5.46. The lowest BCUT2D eigenvalue weighted by Gasteiger charge is -2.20. The minimum Gasteiger partial charge on any atom is -0.497 e. The molecule has 2 amide bonds. The lowest BCUT2D eigenvalue weighted by atomic mass is 10.1. The number of carbonyl (C=O) groups is 2. The summed E-state index contributed by atoms with van der Waals surface area (Å²) in [7, 11) is 1.59. The molecule has 0 spiro atoms. The summed E-state index contributed by atoms with van der Waals surface area (Å²) in [5.41, 5.74) is 1.23. The number of hydrogen-bond donors (Lipinski definition) is 2. The van der Waals surface area contributed by atoms with E-state index in [-0.39, 0.29) is 11.0 Å². The third-order valence-electron chi connectivity index (χ3n) is 5.53. The molecule has 2 aromatic carbocycles. The van der Waals surface area contributed by atoms with Gasteiger partial charge in [-0.25, -0.2) is 0 Å². The number of ether oxygens (including phenoxy) is 1. The average molecular weight is 502 g/mol. The van der Waals surface area contributed by atoms with Gasteiger partial charge in [-0.05, 0) is 61.5 Å². The maximum atomic E-state index is 12.9. The topological polar surface area (TPSA) is 70.7 Å². The summed E-state index contributed by atoms with van der Waals surface area (Å²) < 4.78 is 6.09. The van der Waals surface area contributed by atoms with Crippen LogP contribution in [0.25, 0.3) is 10.1 Å². The Morgan fingerprint density at radius 2 is 1.85 bits per heavy atom. The van der Waals surface area contributed by atoms with Crippen LogP contribution in [0, 0.1) is 0 Å². The van der Waals surface area contributed by atoms with Crippen molar-refractivity contribution in [2.45, 2.75) is 25.7 Å². The van der Waals surface area contributed by atoms with Crippen molar-refractivity contribution in [2.24, 2.45) is 0 Å². The second kappa shape index (κ2) is 10.5. The van der Waals surface area contributed by atoms with Crippen LogP contribution in [0.15, 0.2) is 42.5 Å². The molecule has 33 heavy (non-hydrogen) atoms. The van der Waals surface area contributed by atoms with Crippen LogP contribution >= 0.6 is 35.2 Å². The minimum atomic E-state index is -0.394. The lowest BCUT2D eigenvalue weighted by Crippen LogP contribution is -2.34. The van der Waals surface area contributed by atoms with Crippen molar-refractivity contribution >= 4 is 67.9 Å². The normalized spacial score (nSPS) is 13.9. The highest BCUT2D eigenvalue weighted by Crippen LogP contribution is 2.37. The summed E-state index contributed by atoms with van der Waals surface area (Å²) in [4.78, 5) is 28.0. The molecule has 0 atom stereocenters. The number of methoxy groups -OCH3 is 1. The molecule has 1 fully saturated rings. The van der Waals surface area contributed by atoms with Gasteiger partial charge in [0.1, 0.15) is 10.6 Å². The fraction of sp³-hybridized carbons (Fsp3) is 0.292. The van der Waals surface area contributed by atoms with E-state index < -0.39 is 5.91 Å². The number of thiocarbonyl (C=S) groups is 1. The molecule has 0 saturated carbocycles. The lowest BCUT2D eigenvalue weighted by molar-refractivity contribution is 0.0761. The molecule has 9 heteroatoms. The maximum Gasteiger partial charge on any atom is 0.269 e. The Bertz CT molecular complexity index is 1200. The van der Waals surface area contributed by atoms with E-state index in [1.165, 1.54) is 11.3 Å². The molecule has 0 aliphatic carbocycles. The second-order valence-corrected chi connectivity index (χ2v) is 9.64. The molecule has 1 aliphatic rings. The van der Waals surface area contributed by atoms with Gasteiger partial charge >= 0.3 is 0 Å². The Kier molecular flexibility index (Phi) is 7.47. The van der Waals surface area contributed by atoms with Gasteiger partial charge in [-0.3, -0.25) is 14.9 Å². The molecule has 4 rings (SSSR count). The van der Waals surface area contributed by atoms with Gasteiger partial charge in [-0.1, -0.05) is 30.5 Å². The molecule has 0 unspecified atom stereocenters. The molecule has 0 radical (unpaired) electrons. The molecule has 1 aromatic heterocycles. The summed E-state index contributed by atoms with van der Waals surface area (Å²) in [5, 5.41) is 6.96. The van der Waals surface area contributed by atoms with E-state index >= 15 is 0 Å². The molecule has 1 saturated heterocycles. The molecule has 172 valence electrons. The summed E-state index contributed by atoms with van der Waals surface area (Å²) >= 11 is 13.0. The van der Waals surface area contributed by atoms with Crippen LogP contribution in [0.1, 0.15) is 45.7 Å². The first-order valence-corrected chi connectivity index (χ1v) is 12.3. The summed E-state index contributed by atoms with van der Waals surface area (Å²) in [6.45, 7) is 1.57. The van der Waals surface area contributed by atoms with Crippen molar-refractivity contribution in [3.63, 3.8) is 0 Å². The standard InChI is InChI=1S/C24H24ClN3O3S2/c1-31-17-9-10-18-19(14-17)33-21(20(18)25)22(29)27-24(32)26-16-8-6-7-15(13-16)23(30)28-11-4-2-3-5-12-28/h6-10,13-14H,2-5,11-12H2,1H3,(H2,26,27,29,32). The highest BCUT2D eigenvalue weighted by Gasteiger charge is 2.20. The molecule has 2 N–H and O–H groups in total. The summed E-state index contributed by atoms with van der Waals surface area (Å²) in [6.07, 6.45) is 4.40. The average Bonchev–Trinajstić information content (AvgIpc) is 2.97. The first kappa shape index (κ1) is 23.5. The molecule has 3 aromatic rings. The smallest absolute Gasteiger partial charge is 0.269 e. The van der Waals surface area contributed by atoms with Gasteiger partial charge in [0.15, 0.2) is 5.11 Å². The number of thiophene rings is 1. The van der Waals surface area contributed by atoms with E-state index in [0.717, 1.165) is 48.9 Å². The second-order valence-electron chi connectivity index (χ2n) is 7.80. The van der Waals surface area contributed by atoms with Crippen LogP contribution < -0.4 is 15.4 Å². The SMILES string of the molecule is COc1ccc2c(Cl)c(C(=O)NC(=S)Nc3cccc(C(=O)N4CCCCCC4)c3)sc2c1. The number of nitrogens with zero attached hydrogens (tertiary/aromatic N) is 1. The van der Waals surface area contributed by atoms with E-state index in [0.29, 0.717) is 26.9 Å². The largest absolute Gasteiger partial charge is 0.497 e. The highest BCUT2D eigenvalue weighted by atomic mass is 35.5. The Hall–Kier alpha value is -2.68. The zero-order chi connectivity index (χ0) is 23.4. The zero-order valence-electron chi connectivity index (χ0n) is 18.2.